The van der Waals surface area contributed by atoms with Crippen molar-refractivity contribution in [3.8, 4) is 11.1 Å². The first-order valence-corrected chi connectivity index (χ1v) is 12.0. The predicted octanol–water partition coefficient (Wildman–Crippen LogP) is 3.69. The highest BCUT2D eigenvalue weighted by atomic mass is 35.5. The highest BCUT2D eigenvalue weighted by molar-refractivity contribution is 6.31. The molecule has 4 heterocycles. The summed E-state index contributed by atoms with van der Waals surface area (Å²) in [5, 5.41) is 7.61. The summed E-state index contributed by atoms with van der Waals surface area (Å²) in [7, 11) is 0. The Kier molecular flexibility index (Phi) is 5.37. The molecule has 2 aliphatic heterocycles. The third-order valence-corrected chi connectivity index (χ3v) is 7.25. The van der Waals surface area contributed by atoms with Crippen LogP contribution in [0.25, 0.3) is 16.8 Å². The Morgan fingerprint density at radius 1 is 1.08 bits per heavy atom. The first-order valence-electron chi connectivity index (χ1n) is 11.6. The van der Waals surface area contributed by atoms with Crippen molar-refractivity contribution in [1.82, 2.24) is 24.8 Å². The van der Waals surface area contributed by atoms with Gasteiger partial charge >= 0.3 is 0 Å². The van der Waals surface area contributed by atoms with E-state index in [1.54, 1.807) is 11.4 Å². The van der Waals surface area contributed by atoms with E-state index in [9.17, 15) is 14.0 Å². The Morgan fingerprint density at radius 2 is 1.89 bits per heavy atom. The number of rotatable bonds is 3. The van der Waals surface area contributed by atoms with E-state index in [4.69, 9.17) is 11.6 Å². The number of amides is 2. The van der Waals surface area contributed by atoms with Gasteiger partial charge in [0.2, 0.25) is 5.91 Å². The van der Waals surface area contributed by atoms with Gasteiger partial charge in [0.1, 0.15) is 12.1 Å². The molecule has 1 saturated heterocycles. The van der Waals surface area contributed by atoms with Gasteiger partial charge in [-0.2, -0.15) is 5.10 Å². The first-order chi connectivity index (χ1) is 17.4. The molecule has 0 radical (unpaired) electrons. The largest absolute Gasteiger partial charge is 0.368 e. The van der Waals surface area contributed by atoms with Crippen molar-refractivity contribution >= 4 is 34.7 Å². The van der Waals surface area contributed by atoms with Crippen molar-refractivity contribution in [2.24, 2.45) is 0 Å². The van der Waals surface area contributed by atoms with E-state index >= 15 is 0 Å². The Hall–Kier alpha value is -3.98. The fraction of sp³-hybridized carbons (Fsp3) is 0.231. The maximum atomic E-state index is 14.2. The van der Waals surface area contributed by atoms with E-state index < -0.39 is 11.9 Å². The van der Waals surface area contributed by atoms with Crippen LogP contribution in [-0.2, 0) is 4.79 Å². The van der Waals surface area contributed by atoms with Crippen molar-refractivity contribution in [2.75, 3.05) is 31.1 Å². The molecule has 1 unspecified atom stereocenters. The van der Waals surface area contributed by atoms with Crippen LogP contribution >= 0.6 is 11.6 Å². The van der Waals surface area contributed by atoms with Crippen molar-refractivity contribution in [3.63, 3.8) is 0 Å². The summed E-state index contributed by atoms with van der Waals surface area (Å²) in [5.74, 6) is -0.634. The number of pyridine rings is 1. The quantitative estimate of drug-likeness (QED) is 0.460. The molecule has 1 N–H and O–H groups in total. The molecule has 2 aromatic heterocycles. The van der Waals surface area contributed by atoms with Gasteiger partial charge in [-0.05, 0) is 48.0 Å². The number of piperazine rings is 1. The maximum absolute atomic E-state index is 14.2. The molecule has 4 aromatic rings. The van der Waals surface area contributed by atoms with Crippen LogP contribution in [-0.4, -0.2) is 57.5 Å². The van der Waals surface area contributed by atoms with E-state index in [-0.39, 0.29) is 11.8 Å². The number of aromatic nitrogens is 3. The zero-order valence-electron chi connectivity index (χ0n) is 19.4. The van der Waals surface area contributed by atoms with Crippen LogP contribution in [0.3, 0.4) is 0 Å². The smallest absolute Gasteiger partial charge is 0.252 e. The summed E-state index contributed by atoms with van der Waals surface area (Å²) in [6.07, 6.45) is 3.36. The van der Waals surface area contributed by atoms with E-state index in [0.29, 0.717) is 42.3 Å². The number of hydrogen-bond donors (Lipinski definition) is 1. The second-order valence-corrected chi connectivity index (χ2v) is 9.41. The fourth-order valence-electron chi connectivity index (χ4n) is 5.06. The van der Waals surface area contributed by atoms with Gasteiger partial charge < -0.3 is 15.1 Å². The summed E-state index contributed by atoms with van der Waals surface area (Å²) >= 11 is 6.46. The number of carbonyl (C=O) groups is 2. The van der Waals surface area contributed by atoms with Gasteiger partial charge in [0.15, 0.2) is 5.65 Å². The molecule has 0 saturated carbocycles. The topological polar surface area (TPSA) is 82.8 Å². The summed E-state index contributed by atoms with van der Waals surface area (Å²) in [4.78, 5) is 33.3. The number of nitrogens with one attached hydrogen (secondary N) is 1. The second-order valence-electron chi connectivity index (χ2n) is 9.00. The molecule has 2 aromatic carbocycles. The normalized spacial score (nSPS) is 17.4. The molecule has 0 bridgehead atoms. The summed E-state index contributed by atoms with van der Waals surface area (Å²) < 4.78 is 15.9. The molecule has 182 valence electrons. The fourth-order valence-corrected chi connectivity index (χ4v) is 5.28. The molecule has 0 spiro atoms. The zero-order chi connectivity index (χ0) is 25.0. The molecular weight excluding hydrogens is 483 g/mol. The minimum atomic E-state index is -0.594. The van der Waals surface area contributed by atoms with E-state index in [2.05, 4.69) is 20.3 Å². The lowest BCUT2D eigenvalue weighted by atomic mass is 9.92. The Morgan fingerprint density at radius 3 is 2.67 bits per heavy atom. The maximum Gasteiger partial charge on any atom is 0.252 e. The summed E-state index contributed by atoms with van der Waals surface area (Å²) in [5.41, 5.74) is 5.07. The number of hydrogen-bond acceptors (Lipinski definition) is 5. The third kappa shape index (κ3) is 3.76. The number of anilines is 1. The highest BCUT2D eigenvalue weighted by Crippen LogP contribution is 2.43. The molecule has 2 amide bonds. The van der Waals surface area contributed by atoms with Crippen LogP contribution in [0.2, 0.25) is 5.02 Å². The van der Waals surface area contributed by atoms with Crippen LogP contribution in [0.15, 0.2) is 55.0 Å². The van der Waals surface area contributed by atoms with Crippen LogP contribution < -0.4 is 10.2 Å². The lowest BCUT2D eigenvalue weighted by molar-refractivity contribution is -0.129. The Bertz CT molecular complexity index is 1530. The molecule has 1 atom stereocenters. The molecule has 0 aliphatic carbocycles. The van der Waals surface area contributed by atoms with Gasteiger partial charge in [0.25, 0.3) is 5.91 Å². The van der Waals surface area contributed by atoms with Gasteiger partial charge in [-0.1, -0.05) is 11.6 Å². The van der Waals surface area contributed by atoms with Crippen molar-refractivity contribution < 1.29 is 14.0 Å². The third-order valence-electron chi connectivity index (χ3n) is 6.91. The molecular formula is C26H22ClFN6O2. The summed E-state index contributed by atoms with van der Waals surface area (Å²) in [6, 6.07) is 11.3. The highest BCUT2D eigenvalue weighted by Gasteiger charge is 2.36. The van der Waals surface area contributed by atoms with Gasteiger partial charge in [0, 0.05) is 72.3 Å². The molecule has 2 aliphatic rings. The van der Waals surface area contributed by atoms with Gasteiger partial charge in [0.05, 0.1) is 6.04 Å². The van der Waals surface area contributed by atoms with Crippen molar-refractivity contribution in [2.45, 2.75) is 13.0 Å². The number of halogens is 2. The van der Waals surface area contributed by atoms with E-state index in [1.807, 2.05) is 35.4 Å². The Balaban J connectivity index is 1.51. The standard InChI is InChI=1S/C26H22ClFN6O2/c1-15(35)32-6-8-33(9-7-32)22-11-17(16-2-5-23-29-14-30-34(23)13-16)10-20-24(22)25(31-26(20)36)19-12-18(28)3-4-21(19)27/h2-5,10-14,25H,6-9H2,1H3,(H,31,36). The lowest BCUT2D eigenvalue weighted by Crippen LogP contribution is -2.48. The minimum Gasteiger partial charge on any atom is -0.368 e. The summed E-state index contributed by atoms with van der Waals surface area (Å²) in [6.45, 7) is 3.93. The molecule has 1 fully saturated rings. The molecule has 36 heavy (non-hydrogen) atoms. The van der Waals surface area contributed by atoms with E-state index in [1.165, 1.54) is 24.5 Å². The van der Waals surface area contributed by atoms with Crippen LogP contribution in [0, 0.1) is 5.82 Å². The number of benzene rings is 2. The van der Waals surface area contributed by atoms with Gasteiger partial charge in [-0.25, -0.2) is 13.9 Å². The number of nitrogens with zero attached hydrogens (tertiary/aromatic N) is 5. The average molecular weight is 505 g/mol. The first kappa shape index (κ1) is 22.5. The molecule has 8 nitrogen and oxygen atoms in total. The average Bonchev–Trinajstić information content (AvgIpc) is 3.49. The van der Waals surface area contributed by atoms with E-state index in [0.717, 1.165) is 28.0 Å². The second kappa shape index (κ2) is 8.60. The van der Waals surface area contributed by atoms with Crippen LogP contribution in [0.1, 0.15) is 34.5 Å². The van der Waals surface area contributed by atoms with Crippen LogP contribution in [0.5, 0.6) is 0 Å². The SMILES string of the molecule is CC(=O)N1CCN(c2cc(-c3ccc4ncnn4c3)cc3c2C(c2cc(F)ccc2Cl)NC3=O)CC1. The number of carbonyl (C=O) groups excluding carboxylic acids is 2. The van der Waals surface area contributed by atoms with Gasteiger partial charge in [-0.15, -0.1) is 0 Å². The zero-order valence-corrected chi connectivity index (χ0v) is 20.2. The monoisotopic (exact) mass is 504 g/mol. The van der Waals surface area contributed by atoms with Gasteiger partial charge in [-0.3, -0.25) is 9.59 Å². The van der Waals surface area contributed by atoms with Crippen molar-refractivity contribution in [1.29, 1.82) is 0 Å². The molecule has 6 rings (SSSR count). The Labute approximate surface area is 211 Å². The lowest BCUT2D eigenvalue weighted by Gasteiger charge is -2.37. The minimum absolute atomic E-state index is 0.0380. The predicted molar refractivity (Wildman–Crippen MR) is 134 cm³/mol. The van der Waals surface area contributed by atoms with Crippen molar-refractivity contribution in [3.05, 3.63) is 82.5 Å². The number of fused-ring (bicyclic) bond motifs is 2. The van der Waals surface area contributed by atoms with Crippen LogP contribution in [0.4, 0.5) is 10.1 Å². The molecule has 10 heteroatoms.